The van der Waals surface area contributed by atoms with Crippen LogP contribution in [0.25, 0.3) is 21.3 Å². The standard InChI is InChI=1S/C21H18ClN5OS/c1-13-18(14-5-3-2-4-6-14)19-20(25-12-26-21(19)29-13)23-10-9-17(28)27-16-8-7-15(22)11-24-16/h2-8,11-12H,9-10H2,1H3,(H,23,25,26)(H,24,27,28). The van der Waals surface area contributed by atoms with E-state index >= 15 is 0 Å². The third-order valence-electron chi connectivity index (χ3n) is 4.37. The van der Waals surface area contributed by atoms with Crippen LogP contribution in [0.5, 0.6) is 0 Å². The Bertz CT molecular complexity index is 1150. The molecule has 0 aliphatic carbocycles. The predicted molar refractivity (Wildman–Crippen MR) is 119 cm³/mol. The van der Waals surface area contributed by atoms with E-state index < -0.39 is 0 Å². The summed E-state index contributed by atoms with van der Waals surface area (Å²) in [4.78, 5) is 27.2. The number of hydrogen-bond acceptors (Lipinski definition) is 6. The number of benzene rings is 1. The molecule has 6 nitrogen and oxygen atoms in total. The summed E-state index contributed by atoms with van der Waals surface area (Å²) in [7, 11) is 0. The van der Waals surface area contributed by atoms with Gasteiger partial charge in [0.1, 0.15) is 22.8 Å². The number of carbonyl (C=O) groups is 1. The van der Waals surface area contributed by atoms with E-state index in [1.54, 1.807) is 29.8 Å². The molecule has 4 rings (SSSR count). The molecule has 146 valence electrons. The summed E-state index contributed by atoms with van der Waals surface area (Å²) in [6.07, 6.45) is 3.32. The number of rotatable bonds is 6. The van der Waals surface area contributed by atoms with Crippen molar-refractivity contribution in [3.8, 4) is 11.1 Å². The SMILES string of the molecule is Cc1sc2ncnc(NCCC(=O)Nc3ccc(Cl)cn3)c2c1-c1ccccc1. The maximum atomic E-state index is 12.2. The quantitative estimate of drug-likeness (QED) is 0.448. The van der Waals surface area contributed by atoms with Crippen LogP contribution in [0.15, 0.2) is 55.0 Å². The Balaban J connectivity index is 1.50. The largest absolute Gasteiger partial charge is 0.369 e. The Morgan fingerprint density at radius 2 is 1.93 bits per heavy atom. The minimum Gasteiger partial charge on any atom is -0.369 e. The minimum atomic E-state index is -0.137. The van der Waals surface area contributed by atoms with Crippen molar-refractivity contribution in [1.29, 1.82) is 0 Å². The number of pyridine rings is 1. The number of nitrogens with one attached hydrogen (secondary N) is 2. The monoisotopic (exact) mass is 423 g/mol. The molecule has 0 aliphatic heterocycles. The maximum absolute atomic E-state index is 12.2. The lowest BCUT2D eigenvalue weighted by Gasteiger charge is -2.09. The highest BCUT2D eigenvalue weighted by atomic mass is 35.5. The third-order valence-corrected chi connectivity index (χ3v) is 5.60. The van der Waals surface area contributed by atoms with Crippen LogP contribution >= 0.6 is 22.9 Å². The first-order chi connectivity index (χ1) is 14.1. The Labute approximate surface area is 177 Å². The zero-order valence-electron chi connectivity index (χ0n) is 15.6. The van der Waals surface area contributed by atoms with Crippen molar-refractivity contribution in [2.45, 2.75) is 13.3 Å². The highest BCUT2D eigenvalue weighted by molar-refractivity contribution is 7.19. The first-order valence-corrected chi connectivity index (χ1v) is 10.3. The second kappa shape index (κ2) is 8.55. The number of hydrogen-bond donors (Lipinski definition) is 2. The normalized spacial score (nSPS) is 10.8. The highest BCUT2D eigenvalue weighted by Crippen LogP contribution is 2.40. The number of aryl methyl sites for hydroxylation is 1. The smallest absolute Gasteiger partial charge is 0.227 e. The molecule has 0 bridgehead atoms. The van der Waals surface area contributed by atoms with Gasteiger partial charge in [-0.3, -0.25) is 4.79 Å². The molecule has 1 amide bonds. The van der Waals surface area contributed by atoms with Gasteiger partial charge in [-0.15, -0.1) is 11.3 Å². The van der Waals surface area contributed by atoms with Crippen LogP contribution < -0.4 is 10.6 Å². The summed E-state index contributed by atoms with van der Waals surface area (Å²) < 4.78 is 0. The number of anilines is 2. The van der Waals surface area contributed by atoms with Crippen molar-refractivity contribution in [2.24, 2.45) is 0 Å². The molecule has 29 heavy (non-hydrogen) atoms. The summed E-state index contributed by atoms with van der Waals surface area (Å²) >= 11 is 7.45. The van der Waals surface area contributed by atoms with Gasteiger partial charge in [0.25, 0.3) is 0 Å². The van der Waals surface area contributed by atoms with E-state index in [4.69, 9.17) is 11.6 Å². The molecular weight excluding hydrogens is 406 g/mol. The summed E-state index contributed by atoms with van der Waals surface area (Å²) in [5.74, 6) is 1.07. The van der Waals surface area contributed by atoms with E-state index in [-0.39, 0.29) is 12.3 Å². The fourth-order valence-corrected chi connectivity index (χ4v) is 4.20. The molecule has 2 N–H and O–H groups in total. The predicted octanol–water partition coefficient (Wildman–Crippen LogP) is 5.16. The van der Waals surface area contributed by atoms with Gasteiger partial charge in [0.15, 0.2) is 0 Å². The summed E-state index contributed by atoms with van der Waals surface area (Å²) in [5, 5.41) is 7.56. The van der Waals surface area contributed by atoms with Crippen LogP contribution in [0.1, 0.15) is 11.3 Å². The van der Waals surface area contributed by atoms with Gasteiger partial charge in [-0.2, -0.15) is 0 Å². The number of aromatic nitrogens is 3. The van der Waals surface area contributed by atoms with E-state index in [1.165, 1.54) is 11.1 Å². The van der Waals surface area contributed by atoms with Crippen molar-refractivity contribution in [3.63, 3.8) is 0 Å². The summed E-state index contributed by atoms with van der Waals surface area (Å²) in [6.45, 7) is 2.53. The van der Waals surface area contributed by atoms with E-state index in [1.807, 2.05) is 18.2 Å². The number of halogens is 1. The molecule has 0 spiro atoms. The molecular formula is C21H18ClN5OS. The van der Waals surface area contributed by atoms with Gasteiger partial charge < -0.3 is 10.6 Å². The molecule has 0 atom stereocenters. The van der Waals surface area contributed by atoms with Crippen LogP contribution in [0.4, 0.5) is 11.6 Å². The Morgan fingerprint density at radius 3 is 2.69 bits per heavy atom. The lowest BCUT2D eigenvalue weighted by atomic mass is 10.0. The van der Waals surface area contributed by atoms with Crippen LogP contribution in [-0.4, -0.2) is 27.4 Å². The lowest BCUT2D eigenvalue weighted by molar-refractivity contribution is -0.116. The van der Waals surface area contributed by atoms with Gasteiger partial charge in [0.2, 0.25) is 5.91 Å². The van der Waals surface area contributed by atoms with Crippen LogP contribution in [0.2, 0.25) is 5.02 Å². The molecule has 4 aromatic rings. The highest BCUT2D eigenvalue weighted by Gasteiger charge is 2.16. The van der Waals surface area contributed by atoms with E-state index in [9.17, 15) is 4.79 Å². The average Bonchev–Trinajstić information content (AvgIpc) is 3.07. The van der Waals surface area contributed by atoms with Crippen molar-refractivity contribution in [2.75, 3.05) is 17.2 Å². The number of carbonyl (C=O) groups excluding carboxylic acids is 1. The van der Waals surface area contributed by atoms with Crippen molar-refractivity contribution in [3.05, 3.63) is 64.9 Å². The van der Waals surface area contributed by atoms with Crippen molar-refractivity contribution >= 4 is 50.7 Å². The Morgan fingerprint density at radius 1 is 1.10 bits per heavy atom. The molecule has 0 unspecified atom stereocenters. The molecule has 1 aromatic carbocycles. The summed E-state index contributed by atoms with van der Waals surface area (Å²) in [5.41, 5.74) is 2.25. The van der Waals surface area contributed by atoms with Crippen molar-refractivity contribution in [1.82, 2.24) is 15.0 Å². The van der Waals surface area contributed by atoms with Gasteiger partial charge in [-0.25, -0.2) is 15.0 Å². The molecule has 0 aliphatic rings. The molecule has 3 aromatic heterocycles. The second-order valence-corrected chi connectivity index (χ2v) is 8.03. The van der Waals surface area contributed by atoms with Crippen LogP contribution in [0, 0.1) is 6.92 Å². The molecule has 3 heterocycles. The molecule has 0 radical (unpaired) electrons. The lowest BCUT2D eigenvalue weighted by Crippen LogP contribution is -2.17. The fraction of sp³-hybridized carbons (Fsp3) is 0.143. The van der Waals surface area contributed by atoms with E-state index in [0.29, 0.717) is 17.4 Å². The van der Waals surface area contributed by atoms with Gasteiger partial charge in [0, 0.05) is 29.6 Å². The Kier molecular flexibility index (Phi) is 5.69. The second-order valence-electron chi connectivity index (χ2n) is 6.39. The molecule has 8 heteroatoms. The molecule has 0 saturated carbocycles. The number of nitrogens with zero attached hydrogens (tertiary/aromatic N) is 3. The van der Waals surface area contributed by atoms with Gasteiger partial charge >= 0.3 is 0 Å². The maximum Gasteiger partial charge on any atom is 0.227 e. The third kappa shape index (κ3) is 4.36. The topological polar surface area (TPSA) is 79.8 Å². The van der Waals surface area contributed by atoms with E-state index in [2.05, 4.69) is 44.6 Å². The Hall–Kier alpha value is -3.03. The average molecular weight is 424 g/mol. The van der Waals surface area contributed by atoms with Crippen molar-refractivity contribution < 1.29 is 4.79 Å². The summed E-state index contributed by atoms with van der Waals surface area (Å²) in [6, 6.07) is 13.5. The number of thiophene rings is 1. The molecule has 0 fully saturated rings. The minimum absolute atomic E-state index is 0.137. The van der Waals surface area contributed by atoms with Gasteiger partial charge in [-0.05, 0) is 24.6 Å². The van der Waals surface area contributed by atoms with E-state index in [0.717, 1.165) is 27.2 Å². The van der Waals surface area contributed by atoms with Crippen LogP contribution in [-0.2, 0) is 4.79 Å². The first kappa shape index (κ1) is 19.3. The van der Waals surface area contributed by atoms with Gasteiger partial charge in [0.05, 0.1) is 10.4 Å². The molecule has 0 saturated heterocycles. The zero-order valence-corrected chi connectivity index (χ0v) is 17.2. The zero-order chi connectivity index (χ0) is 20.2. The fourth-order valence-electron chi connectivity index (χ4n) is 3.08. The first-order valence-electron chi connectivity index (χ1n) is 9.06. The number of amides is 1. The van der Waals surface area contributed by atoms with Gasteiger partial charge in [-0.1, -0.05) is 41.9 Å². The number of fused-ring (bicyclic) bond motifs is 1. The van der Waals surface area contributed by atoms with Crippen LogP contribution in [0.3, 0.4) is 0 Å².